The zero-order chi connectivity index (χ0) is 30.3. The Morgan fingerprint density at radius 3 is 2.36 bits per heavy atom. The zero-order valence-electron chi connectivity index (χ0n) is 24.5. The first-order valence-electron chi connectivity index (χ1n) is 14.7. The van der Waals surface area contributed by atoms with Gasteiger partial charge in [-0.3, -0.25) is 9.59 Å². The van der Waals surface area contributed by atoms with E-state index in [2.05, 4.69) is 27.1 Å². The van der Waals surface area contributed by atoms with Gasteiger partial charge in [-0.1, -0.05) is 78.9 Å². The molecule has 2 amide bonds. The predicted molar refractivity (Wildman–Crippen MR) is 173 cm³/mol. The molecule has 0 bridgehead atoms. The lowest BCUT2D eigenvalue weighted by Crippen LogP contribution is -2.52. The van der Waals surface area contributed by atoms with Crippen molar-refractivity contribution in [3.63, 3.8) is 0 Å². The molecule has 1 aliphatic heterocycles. The lowest BCUT2D eigenvalue weighted by molar-refractivity contribution is -0.144. The summed E-state index contributed by atoms with van der Waals surface area (Å²) < 4.78 is 0. The Kier molecular flexibility index (Phi) is 8.98. The van der Waals surface area contributed by atoms with Gasteiger partial charge in [0.15, 0.2) is 5.82 Å². The van der Waals surface area contributed by atoms with Crippen LogP contribution in [0.2, 0.25) is 0 Å². The van der Waals surface area contributed by atoms with Gasteiger partial charge < -0.3 is 9.80 Å². The minimum atomic E-state index is -0.700. The van der Waals surface area contributed by atoms with Gasteiger partial charge in [-0.05, 0) is 47.7 Å². The molecular formula is C36H33N5O2S. The molecule has 0 radical (unpaired) electrons. The summed E-state index contributed by atoms with van der Waals surface area (Å²) >= 11 is 1.53. The fraction of sp³-hybridized carbons (Fsp3) is 0.194. The Hall–Kier alpha value is -4.95. The highest BCUT2D eigenvalue weighted by atomic mass is 32.1. The average molecular weight is 600 g/mol. The molecule has 220 valence electrons. The van der Waals surface area contributed by atoms with Gasteiger partial charge in [0.05, 0.1) is 10.7 Å². The molecule has 5 aromatic rings. The Morgan fingerprint density at radius 2 is 1.64 bits per heavy atom. The van der Waals surface area contributed by atoms with E-state index in [0.29, 0.717) is 25.3 Å². The van der Waals surface area contributed by atoms with Crippen molar-refractivity contribution < 1.29 is 9.59 Å². The van der Waals surface area contributed by atoms with E-state index in [9.17, 15) is 9.59 Å². The molecule has 1 atom stereocenters. The van der Waals surface area contributed by atoms with Gasteiger partial charge in [0.25, 0.3) is 0 Å². The minimum absolute atomic E-state index is 0.0519. The summed E-state index contributed by atoms with van der Waals surface area (Å²) in [6.45, 7) is 3.35. The number of rotatable bonds is 9. The summed E-state index contributed by atoms with van der Waals surface area (Å²) in [4.78, 5) is 45.3. The van der Waals surface area contributed by atoms with Gasteiger partial charge in [0, 0.05) is 55.5 Å². The van der Waals surface area contributed by atoms with Crippen LogP contribution in [0.25, 0.3) is 17.5 Å². The summed E-state index contributed by atoms with van der Waals surface area (Å²) in [5.74, 6) is 0.345. The average Bonchev–Trinajstić information content (AvgIpc) is 3.50. The Balaban J connectivity index is 1.34. The van der Waals surface area contributed by atoms with Crippen LogP contribution in [-0.4, -0.2) is 49.2 Å². The van der Waals surface area contributed by atoms with Crippen molar-refractivity contribution in [3.8, 4) is 11.4 Å². The topological polar surface area (TPSA) is 79.3 Å². The number of benzene rings is 3. The Bertz CT molecular complexity index is 1750. The molecule has 1 unspecified atom stereocenters. The van der Waals surface area contributed by atoms with E-state index in [4.69, 9.17) is 0 Å². The van der Waals surface area contributed by atoms with Gasteiger partial charge >= 0.3 is 0 Å². The van der Waals surface area contributed by atoms with E-state index < -0.39 is 6.04 Å². The molecule has 0 fully saturated rings. The first kappa shape index (κ1) is 29.1. The summed E-state index contributed by atoms with van der Waals surface area (Å²) in [7, 11) is 0. The van der Waals surface area contributed by atoms with Gasteiger partial charge in [0.1, 0.15) is 6.04 Å². The second-order valence-corrected chi connectivity index (χ2v) is 11.9. The number of carbonyl (C=O) groups excluding carboxylic acids is 2. The molecule has 0 spiro atoms. The number of aryl methyl sites for hydroxylation is 1. The monoisotopic (exact) mass is 599 g/mol. The SMILES string of the molecule is Cc1nc(C=CC(=O)N(Cc2ccc(-c3ncccn3)cc2)C(Cc2ccccc2)C(=O)N2CCc3ccccc3C2)cs1. The second kappa shape index (κ2) is 13.6. The molecule has 2 aromatic heterocycles. The number of hydrogen-bond acceptors (Lipinski definition) is 6. The van der Waals surface area contributed by atoms with Gasteiger partial charge in [-0.2, -0.15) is 0 Å². The number of fused-ring (bicyclic) bond motifs is 1. The molecule has 0 saturated carbocycles. The van der Waals surface area contributed by atoms with Crippen LogP contribution in [0.15, 0.2) is 109 Å². The third-order valence-electron chi connectivity index (χ3n) is 7.82. The molecule has 3 heterocycles. The number of nitrogens with zero attached hydrogens (tertiary/aromatic N) is 5. The van der Waals surface area contributed by atoms with E-state index in [1.807, 2.05) is 83.9 Å². The first-order valence-corrected chi connectivity index (χ1v) is 15.6. The van der Waals surface area contributed by atoms with Crippen LogP contribution >= 0.6 is 11.3 Å². The number of carbonyl (C=O) groups is 2. The van der Waals surface area contributed by atoms with Crippen LogP contribution in [0.1, 0.15) is 33.0 Å². The molecule has 0 N–H and O–H groups in total. The predicted octanol–water partition coefficient (Wildman–Crippen LogP) is 6.15. The summed E-state index contributed by atoms with van der Waals surface area (Å²) in [6.07, 6.45) is 7.90. The zero-order valence-corrected chi connectivity index (χ0v) is 25.4. The molecule has 44 heavy (non-hydrogen) atoms. The largest absolute Gasteiger partial charge is 0.336 e. The lowest BCUT2D eigenvalue weighted by Gasteiger charge is -2.36. The van der Waals surface area contributed by atoms with E-state index in [-0.39, 0.29) is 18.4 Å². The number of aromatic nitrogens is 3. The second-order valence-electron chi connectivity index (χ2n) is 10.8. The first-order chi connectivity index (χ1) is 21.5. The van der Waals surface area contributed by atoms with Crippen molar-refractivity contribution in [1.82, 2.24) is 24.8 Å². The number of thiazole rings is 1. The maximum absolute atomic E-state index is 14.4. The maximum Gasteiger partial charge on any atom is 0.247 e. The van der Waals surface area contributed by atoms with E-state index >= 15 is 0 Å². The summed E-state index contributed by atoms with van der Waals surface area (Å²) in [5, 5.41) is 2.85. The smallest absolute Gasteiger partial charge is 0.247 e. The van der Waals surface area contributed by atoms with Crippen molar-refractivity contribution in [2.75, 3.05) is 6.54 Å². The van der Waals surface area contributed by atoms with Crippen molar-refractivity contribution in [3.05, 3.63) is 142 Å². The molecule has 7 nitrogen and oxygen atoms in total. The molecule has 0 aliphatic carbocycles. The Labute approximate surface area is 261 Å². The molecular weight excluding hydrogens is 566 g/mol. The molecule has 6 rings (SSSR count). The fourth-order valence-electron chi connectivity index (χ4n) is 5.52. The van der Waals surface area contributed by atoms with Crippen molar-refractivity contribution in [2.45, 2.75) is 38.9 Å². The van der Waals surface area contributed by atoms with Crippen LogP contribution in [-0.2, 0) is 35.5 Å². The van der Waals surface area contributed by atoms with Crippen LogP contribution < -0.4 is 0 Å². The van der Waals surface area contributed by atoms with Crippen LogP contribution in [0, 0.1) is 6.92 Å². The van der Waals surface area contributed by atoms with Crippen molar-refractivity contribution in [1.29, 1.82) is 0 Å². The van der Waals surface area contributed by atoms with Crippen LogP contribution in [0.3, 0.4) is 0 Å². The van der Waals surface area contributed by atoms with Crippen molar-refractivity contribution >= 4 is 29.2 Å². The molecule has 0 saturated heterocycles. The highest BCUT2D eigenvalue weighted by Crippen LogP contribution is 2.24. The highest BCUT2D eigenvalue weighted by Gasteiger charge is 2.34. The summed E-state index contributed by atoms with van der Waals surface area (Å²) in [6, 6.07) is 27.1. The third-order valence-corrected chi connectivity index (χ3v) is 8.61. The number of hydrogen-bond donors (Lipinski definition) is 0. The fourth-order valence-corrected chi connectivity index (χ4v) is 6.10. The standard InChI is InChI=1S/C36H33N5O2S/c1-26-39-32(25-44-26)16-17-34(42)41(23-28-12-14-30(15-13-28)35-37-19-7-20-38-35)33(22-27-8-3-2-4-9-27)36(43)40-21-18-29-10-5-6-11-31(29)24-40/h2-17,19-20,25,33H,18,21-24H2,1H3. The number of amides is 2. The van der Waals surface area contributed by atoms with Crippen LogP contribution in [0.4, 0.5) is 0 Å². The third kappa shape index (κ3) is 6.98. The van der Waals surface area contributed by atoms with E-state index in [1.54, 1.807) is 29.4 Å². The van der Waals surface area contributed by atoms with E-state index in [0.717, 1.165) is 39.4 Å². The minimum Gasteiger partial charge on any atom is -0.336 e. The van der Waals surface area contributed by atoms with Gasteiger partial charge in [-0.15, -0.1) is 11.3 Å². The van der Waals surface area contributed by atoms with Gasteiger partial charge in [0.2, 0.25) is 11.8 Å². The molecule has 8 heteroatoms. The molecule has 3 aromatic carbocycles. The molecule has 1 aliphatic rings. The Morgan fingerprint density at radius 1 is 0.909 bits per heavy atom. The van der Waals surface area contributed by atoms with Gasteiger partial charge in [-0.25, -0.2) is 15.0 Å². The lowest BCUT2D eigenvalue weighted by atomic mass is 9.97. The van der Waals surface area contributed by atoms with Crippen molar-refractivity contribution in [2.24, 2.45) is 0 Å². The maximum atomic E-state index is 14.4. The van der Waals surface area contributed by atoms with Crippen LogP contribution in [0.5, 0.6) is 0 Å². The quantitative estimate of drug-likeness (QED) is 0.190. The summed E-state index contributed by atoms with van der Waals surface area (Å²) in [5.41, 5.74) is 5.94. The normalized spacial score (nSPS) is 13.4. The highest BCUT2D eigenvalue weighted by molar-refractivity contribution is 7.09. The van der Waals surface area contributed by atoms with E-state index in [1.165, 1.54) is 23.0 Å².